The number of rotatable bonds is 8. The van der Waals surface area contributed by atoms with Crippen molar-refractivity contribution in [2.24, 2.45) is 5.73 Å². The highest BCUT2D eigenvalue weighted by Gasteiger charge is 2.17. The van der Waals surface area contributed by atoms with Crippen molar-refractivity contribution < 1.29 is 23.8 Å². The fourth-order valence-corrected chi connectivity index (χ4v) is 2.46. The van der Waals surface area contributed by atoms with Gasteiger partial charge in [-0.2, -0.15) is 5.26 Å². The Bertz CT molecular complexity index is 733. The van der Waals surface area contributed by atoms with Crippen LogP contribution in [0.1, 0.15) is 18.4 Å². The molecular formula is C18H21N3O5. The van der Waals surface area contributed by atoms with E-state index in [1.807, 2.05) is 6.07 Å². The van der Waals surface area contributed by atoms with Crippen molar-refractivity contribution in [3.63, 3.8) is 0 Å². The third-order valence-electron chi connectivity index (χ3n) is 3.75. The summed E-state index contributed by atoms with van der Waals surface area (Å²) in [6.07, 6.45) is 3.33. The van der Waals surface area contributed by atoms with Crippen molar-refractivity contribution in [2.75, 3.05) is 26.9 Å². The van der Waals surface area contributed by atoms with Crippen LogP contribution in [0.4, 0.5) is 0 Å². The lowest BCUT2D eigenvalue weighted by Gasteiger charge is -2.11. The molecule has 1 aromatic carbocycles. The van der Waals surface area contributed by atoms with E-state index in [0.717, 1.165) is 12.8 Å². The quantitative estimate of drug-likeness (QED) is 0.522. The van der Waals surface area contributed by atoms with Crippen LogP contribution >= 0.6 is 0 Å². The fourth-order valence-electron chi connectivity index (χ4n) is 2.46. The predicted molar refractivity (Wildman–Crippen MR) is 93.3 cm³/mol. The Hall–Kier alpha value is -3.05. The molecule has 3 N–H and O–H groups in total. The molecule has 0 radical (unpaired) electrons. The SMILES string of the molecule is COc1cc(/C=C(\C#N)C(=O)NCC2CCCO2)ccc1OCC(N)=O. The van der Waals surface area contributed by atoms with Gasteiger partial charge in [-0.3, -0.25) is 9.59 Å². The summed E-state index contributed by atoms with van der Waals surface area (Å²) in [6, 6.07) is 6.71. The van der Waals surface area contributed by atoms with Crippen LogP contribution in [0.2, 0.25) is 0 Å². The summed E-state index contributed by atoms with van der Waals surface area (Å²) >= 11 is 0. The molecule has 1 fully saturated rings. The van der Waals surface area contributed by atoms with Crippen molar-refractivity contribution in [2.45, 2.75) is 18.9 Å². The second kappa shape index (κ2) is 9.44. The Morgan fingerprint density at radius 3 is 2.88 bits per heavy atom. The van der Waals surface area contributed by atoms with E-state index in [-0.39, 0.29) is 18.3 Å². The molecule has 0 aromatic heterocycles. The van der Waals surface area contributed by atoms with Crippen LogP contribution < -0.4 is 20.5 Å². The molecule has 8 nitrogen and oxygen atoms in total. The first-order valence-electron chi connectivity index (χ1n) is 8.14. The zero-order valence-corrected chi connectivity index (χ0v) is 14.5. The lowest BCUT2D eigenvalue weighted by atomic mass is 10.1. The first kappa shape index (κ1) is 19.3. The van der Waals surface area contributed by atoms with Gasteiger partial charge in [0.15, 0.2) is 18.1 Å². The number of amides is 2. The number of primary amides is 1. The van der Waals surface area contributed by atoms with Gasteiger partial charge in [0.1, 0.15) is 11.6 Å². The average Bonchev–Trinajstić information content (AvgIpc) is 3.16. The van der Waals surface area contributed by atoms with E-state index in [4.69, 9.17) is 19.9 Å². The monoisotopic (exact) mass is 359 g/mol. The third kappa shape index (κ3) is 5.50. The first-order valence-corrected chi connectivity index (χ1v) is 8.14. The van der Waals surface area contributed by atoms with E-state index in [0.29, 0.717) is 30.2 Å². The molecule has 0 spiro atoms. The number of nitrogens with zero attached hydrogens (tertiary/aromatic N) is 1. The van der Waals surface area contributed by atoms with Crippen LogP contribution in [0.5, 0.6) is 11.5 Å². The summed E-state index contributed by atoms with van der Waals surface area (Å²) in [5, 5.41) is 12.0. The number of carbonyl (C=O) groups excluding carboxylic acids is 2. The maximum atomic E-state index is 12.2. The Kier molecular flexibility index (Phi) is 7.00. The number of nitriles is 1. The summed E-state index contributed by atoms with van der Waals surface area (Å²) in [7, 11) is 1.44. The number of carbonyl (C=O) groups is 2. The summed E-state index contributed by atoms with van der Waals surface area (Å²) in [4.78, 5) is 23.0. The van der Waals surface area contributed by atoms with Gasteiger partial charge < -0.3 is 25.3 Å². The number of benzene rings is 1. The fraction of sp³-hybridized carbons (Fsp3) is 0.389. The molecule has 0 bridgehead atoms. The lowest BCUT2D eigenvalue weighted by molar-refractivity contribution is -0.120. The summed E-state index contributed by atoms with van der Waals surface area (Å²) in [6.45, 7) is 0.799. The Labute approximate surface area is 151 Å². The van der Waals surface area contributed by atoms with E-state index in [1.165, 1.54) is 13.2 Å². The maximum absolute atomic E-state index is 12.2. The van der Waals surface area contributed by atoms with E-state index in [9.17, 15) is 14.9 Å². The van der Waals surface area contributed by atoms with E-state index < -0.39 is 11.8 Å². The number of methoxy groups -OCH3 is 1. The molecule has 1 aliphatic heterocycles. The molecule has 1 saturated heterocycles. The normalized spacial score (nSPS) is 16.6. The van der Waals surface area contributed by atoms with Crippen molar-refractivity contribution in [3.8, 4) is 17.6 Å². The lowest BCUT2D eigenvalue weighted by Crippen LogP contribution is -2.32. The van der Waals surface area contributed by atoms with Gasteiger partial charge >= 0.3 is 0 Å². The van der Waals surface area contributed by atoms with Crippen molar-refractivity contribution >= 4 is 17.9 Å². The number of hydrogen-bond acceptors (Lipinski definition) is 6. The number of hydrogen-bond donors (Lipinski definition) is 2. The molecule has 26 heavy (non-hydrogen) atoms. The molecule has 1 aliphatic rings. The topological polar surface area (TPSA) is 124 Å². The van der Waals surface area contributed by atoms with Crippen LogP contribution in [0.15, 0.2) is 23.8 Å². The number of ether oxygens (including phenoxy) is 3. The van der Waals surface area contributed by atoms with Gasteiger partial charge in [-0.1, -0.05) is 6.07 Å². The highest BCUT2D eigenvalue weighted by atomic mass is 16.5. The first-order chi connectivity index (χ1) is 12.5. The van der Waals surface area contributed by atoms with Gasteiger partial charge in [0.2, 0.25) is 0 Å². The smallest absolute Gasteiger partial charge is 0.262 e. The maximum Gasteiger partial charge on any atom is 0.262 e. The van der Waals surface area contributed by atoms with Crippen LogP contribution in [0, 0.1) is 11.3 Å². The molecule has 0 aliphatic carbocycles. The molecule has 0 saturated carbocycles. The molecule has 1 aromatic rings. The summed E-state index contributed by atoms with van der Waals surface area (Å²) in [5.74, 6) is -0.372. The molecule has 8 heteroatoms. The van der Waals surface area contributed by atoms with Gasteiger partial charge in [-0.15, -0.1) is 0 Å². The zero-order chi connectivity index (χ0) is 18.9. The molecule has 1 unspecified atom stereocenters. The highest BCUT2D eigenvalue weighted by molar-refractivity contribution is 6.01. The molecule has 1 atom stereocenters. The molecule has 2 rings (SSSR count). The second-order valence-electron chi connectivity index (χ2n) is 5.68. The van der Waals surface area contributed by atoms with Crippen LogP contribution in [0.3, 0.4) is 0 Å². The second-order valence-corrected chi connectivity index (χ2v) is 5.68. The van der Waals surface area contributed by atoms with Gasteiger partial charge in [-0.25, -0.2) is 0 Å². The average molecular weight is 359 g/mol. The minimum absolute atomic E-state index is 0.000625. The van der Waals surface area contributed by atoms with E-state index in [1.54, 1.807) is 18.2 Å². The van der Waals surface area contributed by atoms with E-state index >= 15 is 0 Å². The zero-order valence-electron chi connectivity index (χ0n) is 14.5. The molecule has 2 amide bonds. The van der Waals surface area contributed by atoms with Crippen molar-refractivity contribution in [1.29, 1.82) is 5.26 Å². The van der Waals surface area contributed by atoms with Crippen LogP contribution in [-0.2, 0) is 14.3 Å². The van der Waals surface area contributed by atoms with Crippen molar-refractivity contribution in [1.82, 2.24) is 5.32 Å². The van der Waals surface area contributed by atoms with E-state index in [2.05, 4.69) is 5.32 Å². The van der Waals surface area contributed by atoms with Gasteiger partial charge in [0.25, 0.3) is 11.8 Å². The van der Waals surface area contributed by atoms with Gasteiger partial charge in [0, 0.05) is 13.2 Å². The molecular weight excluding hydrogens is 338 g/mol. The highest BCUT2D eigenvalue weighted by Crippen LogP contribution is 2.28. The summed E-state index contributed by atoms with van der Waals surface area (Å²) < 4.78 is 15.9. The summed E-state index contributed by atoms with van der Waals surface area (Å²) in [5.41, 5.74) is 5.60. The standard InChI is InChI=1S/C18H21N3O5/c1-24-16-8-12(4-5-15(16)26-11-17(20)22)7-13(9-19)18(23)21-10-14-3-2-6-25-14/h4-5,7-8,14H,2-3,6,10-11H2,1H3,(H2,20,22)(H,21,23)/b13-7+. The van der Waals surface area contributed by atoms with Gasteiger partial charge in [-0.05, 0) is 36.6 Å². The Balaban J connectivity index is 2.07. The van der Waals surface area contributed by atoms with Gasteiger partial charge in [0.05, 0.1) is 13.2 Å². The van der Waals surface area contributed by atoms with Crippen LogP contribution in [-0.4, -0.2) is 44.8 Å². The van der Waals surface area contributed by atoms with Crippen LogP contribution in [0.25, 0.3) is 6.08 Å². The predicted octanol–water partition coefficient (Wildman–Crippen LogP) is 0.761. The minimum atomic E-state index is -0.606. The Morgan fingerprint density at radius 2 is 2.27 bits per heavy atom. The number of nitrogens with two attached hydrogens (primary N) is 1. The minimum Gasteiger partial charge on any atom is -0.493 e. The van der Waals surface area contributed by atoms with Crippen molar-refractivity contribution in [3.05, 3.63) is 29.3 Å². The Morgan fingerprint density at radius 1 is 1.46 bits per heavy atom. The number of nitrogens with one attached hydrogen (secondary N) is 1. The largest absolute Gasteiger partial charge is 0.493 e. The third-order valence-corrected chi connectivity index (χ3v) is 3.75. The molecule has 138 valence electrons. The molecule has 1 heterocycles.